The van der Waals surface area contributed by atoms with Crippen molar-refractivity contribution in [3.8, 4) is 0 Å². The summed E-state index contributed by atoms with van der Waals surface area (Å²) in [6.45, 7) is 9.87. The summed E-state index contributed by atoms with van der Waals surface area (Å²) in [5.74, 6) is 0. The molecule has 118 valence electrons. The molecule has 1 fully saturated rings. The first-order valence-corrected chi connectivity index (χ1v) is 8.80. The van der Waals surface area contributed by atoms with E-state index in [0.29, 0.717) is 6.04 Å². The maximum Gasteiger partial charge on any atom is 0.0962 e. The van der Waals surface area contributed by atoms with Gasteiger partial charge in [0.05, 0.1) is 33.2 Å². The minimum atomic E-state index is 0.633. The number of piperidine rings is 1. The van der Waals surface area contributed by atoms with E-state index in [1.165, 1.54) is 68.5 Å². The van der Waals surface area contributed by atoms with Crippen molar-refractivity contribution in [2.75, 3.05) is 38.1 Å². The molecule has 0 aliphatic carbocycles. The fourth-order valence-electron chi connectivity index (χ4n) is 3.65. The van der Waals surface area contributed by atoms with Gasteiger partial charge in [-0.15, -0.1) is 0 Å². The summed E-state index contributed by atoms with van der Waals surface area (Å²) in [6, 6.07) is 11.6. The van der Waals surface area contributed by atoms with E-state index in [1.54, 1.807) is 0 Å². The lowest BCUT2D eigenvalue weighted by molar-refractivity contribution is -0.912. The third-order valence-electron chi connectivity index (χ3n) is 5.10. The molecule has 1 aliphatic heterocycles. The second kappa shape index (κ2) is 7.84. The molecular weight excluding hydrogens is 256 g/mol. The zero-order valence-corrected chi connectivity index (χ0v) is 14.2. The molecule has 0 saturated carbocycles. The van der Waals surface area contributed by atoms with Gasteiger partial charge in [-0.3, -0.25) is 0 Å². The van der Waals surface area contributed by atoms with E-state index in [4.69, 9.17) is 0 Å². The van der Waals surface area contributed by atoms with Crippen LogP contribution in [0.2, 0.25) is 0 Å². The first kappa shape index (κ1) is 16.4. The van der Waals surface area contributed by atoms with Crippen LogP contribution in [-0.4, -0.2) is 43.8 Å². The van der Waals surface area contributed by atoms with Gasteiger partial charge in [-0.1, -0.05) is 31.5 Å². The Morgan fingerprint density at radius 3 is 2.38 bits per heavy atom. The first-order valence-electron chi connectivity index (χ1n) is 8.80. The maximum absolute atomic E-state index is 2.63. The predicted octanol–water partition coefficient (Wildman–Crippen LogP) is 4.31. The summed E-state index contributed by atoms with van der Waals surface area (Å²) in [7, 11) is 2.45. The predicted molar refractivity (Wildman–Crippen MR) is 92.8 cm³/mol. The molecule has 0 spiro atoms. The van der Waals surface area contributed by atoms with Gasteiger partial charge in [0.25, 0.3) is 0 Å². The fraction of sp³-hybridized carbons (Fsp3) is 0.684. The van der Waals surface area contributed by atoms with Crippen molar-refractivity contribution >= 4 is 5.69 Å². The van der Waals surface area contributed by atoms with Gasteiger partial charge >= 0.3 is 0 Å². The normalized spacial score (nSPS) is 19.2. The molecule has 0 amide bonds. The first-order chi connectivity index (χ1) is 10.1. The number of hydrogen-bond acceptors (Lipinski definition) is 1. The highest BCUT2D eigenvalue weighted by Crippen LogP contribution is 2.21. The number of quaternary nitrogens is 1. The fourth-order valence-corrected chi connectivity index (χ4v) is 3.65. The van der Waals surface area contributed by atoms with Crippen LogP contribution in [-0.2, 0) is 0 Å². The monoisotopic (exact) mass is 289 g/mol. The van der Waals surface area contributed by atoms with E-state index in [0.717, 1.165) is 0 Å². The van der Waals surface area contributed by atoms with Crippen LogP contribution in [0, 0.1) is 0 Å². The van der Waals surface area contributed by atoms with E-state index in [-0.39, 0.29) is 0 Å². The van der Waals surface area contributed by atoms with Crippen molar-refractivity contribution in [2.24, 2.45) is 0 Å². The number of para-hydroxylation sites is 1. The third-order valence-corrected chi connectivity index (χ3v) is 5.10. The van der Waals surface area contributed by atoms with E-state index in [9.17, 15) is 0 Å². The highest BCUT2D eigenvalue weighted by Gasteiger charge is 2.26. The molecule has 1 atom stereocenters. The number of rotatable bonds is 7. The summed E-state index contributed by atoms with van der Waals surface area (Å²) in [5, 5.41) is 0. The van der Waals surface area contributed by atoms with Crippen molar-refractivity contribution < 1.29 is 4.48 Å². The van der Waals surface area contributed by atoms with Crippen molar-refractivity contribution in [1.29, 1.82) is 0 Å². The van der Waals surface area contributed by atoms with Crippen LogP contribution in [0.25, 0.3) is 0 Å². The quantitative estimate of drug-likeness (QED) is 0.676. The van der Waals surface area contributed by atoms with Gasteiger partial charge < -0.3 is 9.38 Å². The Hall–Kier alpha value is -1.02. The summed E-state index contributed by atoms with van der Waals surface area (Å²) < 4.78 is 1.27. The molecule has 2 heteroatoms. The van der Waals surface area contributed by atoms with Crippen molar-refractivity contribution in [3.05, 3.63) is 30.3 Å². The molecule has 21 heavy (non-hydrogen) atoms. The third kappa shape index (κ3) is 4.74. The molecule has 0 bridgehead atoms. The minimum Gasteiger partial charge on any atom is -0.363 e. The smallest absolute Gasteiger partial charge is 0.0962 e. The molecule has 1 aliphatic rings. The van der Waals surface area contributed by atoms with Crippen LogP contribution in [0.1, 0.15) is 46.0 Å². The molecule has 1 aromatic carbocycles. The average molecular weight is 289 g/mol. The number of benzene rings is 1. The topological polar surface area (TPSA) is 3.24 Å². The lowest BCUT2D eigenvalue weighted by Gasteiger charge is -2.41. The van der Waals surface area contributed by atoms with Gasteiger partial charge in [-0.05, 0) is 44.7 Å². The highest BCUT2D eigenvalue weighted by atomic mass is 15.3. The Bertz CT molecular complexity index is 395. The van der Waals surface area contributed by atoms with Gasteiger partial charge in [0.2, 0.25) is 0 Å². The lowest BCUT2D eigenvalue weighted by Crippen LogP contribution is -2.52. The van der Waals surface area contributed by atoms with Gasteiger partial charge in [-0.2, -0.15) is 0 Å². The van der Waals surface area contributed by atoms with Gasteiger partial charge in [0.1, 0.15) is 0 Å². The second-order valence-electron chi connectivity index (χ2n) is 7.02. The summed E-state index contributed by atoms with van der Waals surface area (Å²) in [5.41, 5.74) is 1.39. The number of likely N-dealkylation sites (N-methyl/N-ethyl adjacent to an activating group) is 1. The minimum absolute atomic E-state index is 0.633. The van der Waals surface area contributed by atoms with Gasteiger partial charge in [0, 0.05) is 11.7 Å². The Morgan fingerprint density at radius 2 is 1.76 bits per heavy atom. The molecule has 0 N–H and O–H groups in total. The lowest BCUT2D eigenvalue weighted by atomic mass is 10.1. The Morgan fingerprint density at radius 1 is 1.10 bits per heavy atom. The van der Waals surface area contributed by atoms with E-state index in [1.807, 2.05) is 0 Å². The largest absolute Gasteiger partial charge is 0.363 e. The van der Waals surface area contributed by atoms with Crippen molar-refractivity contribution in [2.45, 2.75) is 52.0 Å². The van der Waals surface area contributed by atoms with Crippen LogP contribution >= 0.6 is 0 Å². The number of nitrogens with zero attached hydrogens (tertiary/aromatic N) is 2. The highest BCUT2D eigenvalue weighted by molar-refractivity contribution is 5.46. The van der Waals surface area contributed by atoms with Gasteiger partial charge in [-0.25, -0.2) is 0 Å². The second-order valence-corrected chi connectivity index (χ2v) is 7.02. The van der Waals surface area contributed by atoms with Gasteiger partial charge in [0.15, 0.2) is 0 Å². The Kier molecular flexibility index (Phi) is 6.10. The number of anilines is 1. The van der Waals surface area contributed by atoms with Crippen molar-refractivity contribution in [1.82, 2.24) is 0 Å². The molecular formula is C19H33N2+. The van der Waals surface area contributed by atoms with E-state index in [2.05, 4.69) is 56.1 Å². The Balaban J connectivity index is 2.02. The number of hydrogen-bond donors (Lipinski definition) is 0. The molecule has 1 aromatic rings. The molecule has 0 aromatic heterocycles. The van der Waals surface area contributed by atoms with E-state index >= 15 is 0 Å². The van der Waals surface area contributed by atoms with Crippen LogP contribution in [0.4, 0.5) is 5.69 Å². The molecule has 0 radical (unpaired) electrons. The Labute approximate surface area is 131 Å². The maximum atomic E-state index is 2.63. The van der Waals surface area contributed by atoms with Crippen LogP contribution in [0.15, 0.2) is 30.3 Å². The average Bonchev–Trinajstić information content (AvgIpc) is 2.49. The van der Waals surface area contributed by atoms with E-state index < -0.39 is 0 Å². The zero-order chi connectivity index (χ0) is 15.1. The summed E-state index contributed by atoms with van der Waals surface area (Å²) in [4.78, 5) is 2.63. The zero-order valence-electron chi connectivity index (χ0n) is 14.2. The number of likely N-dealkylation sites (tertiary alicyclic amines) is 1. The van der Waals surface area contributed by atoms with Crippen LogP contribution < -0.4 is 4.90 Å². The molecule has 1 unspecified atom stereocenters. The summed E-state index contributed by atoms with van der Waals surface area (Å²) >= 11 is 0. The van der Waals surface area contributed by atoms with Crippen molar-refractivity contribution in [3.63, 3.8) is 0 Å². The molecule has 1 heterocycles. The SMILES string of the molecule is CCCC(C)N(CC[N+]1(C)CCCCC1)c1ccccc1. The van der Waals surface area contributed by atoms with Crippen LogP contribution in [0.3, 0.4) is 0 Å². The van der Waals surface area contributed by atoms with Crippen LogP contribution in [0.5, 0.6) is 0 Å². The molecule has 2 nitrogen and oxygen atoms in total. The molecule has 2 rings (SSSR count). The standard InChI is InChI=1S/C19H33N2/c1-4-11-18(2)20(19-12-7-5-8-13-19)14-17-21(3)15-9-6-10-16-21/h5,7-8,12-13,18H,4,6,9-11,14-17H2,1-3H3/q+1. The summed E-state index contributed by atoms with van der Waals surface area (Å²) in [6.07, 6.45) is 6.79. The molecule has 1 saturated heterocycles.